The van der Waals surface area contributed by atoms with Crippen LogP contribution in [0, 0.1) is 5.41 Å². The van der Waals surface area contributed by atoms with Gasteiger partial charge in [0.05, 0.1) is 0 Å². The predicted molar refractivity (Wildman–Crippen MR) is 47.9 cm³/mol. The first-order chi connectivity index (χ1) is 5.56. The number of aliphatic imine (C=N–C) groups is 1. The molecule has 1 spiro atoms. The zero-order valence-corrected chi connectivity index (χ0v) is 7.76. The second kappa shape index (κ2) is 2.15. The molecule has 0 bridgehead atoms. The van der Waals surface area contributed by atoms with Crippen molar-refractivity contribution in [1.29, 1.82) is 0 Å². The first-order valence-electron chi connectivity index (χ1n) is 4.54. The molecule has 1 atom stereocenters. The lowest BCUT2D eigenvalue weighted by Gasteiger charge is -2.33. The fourth-order valence-electron chi connectivity index (χ4n) is 2.34. The molecule has 1 fully saturated rings. The van der Waals surface area contributed by atoms with Crippen molar-refractivity contribution in [3.8, 4) is 0 Å². The molecular weight excluding hydrogens is 152 g/mol. The Morgan fingerprint density at radius 1 is 1.42 bits per heavy atom. The van der Waals surface area contributed by atoms with Crippen LogP contribution in [0.1, 0.15) is 33.1 Å². The molecule has 2 aliphatic rings. The smallest absolute Gasteiger partial charge is 0.282 e. The van der Waals surface area contributed by atoms with Gasteiger partial charge in [-0.2, -0.15) is 0 Å². The topological polar surface area (TPSA) is 47.6 Å². The fraction of sp³-hybridized carbons (Fsp3) is 0.889. The average molecular weight is 168 g/mol. The van der Waals surface area contributed by atoms with E-state index >= 15 is 0 Å². The number of nitrogens with zero attached hydrogens (tertiary/aromatic N) is 1. The van der Waals surface area contributed by atoms with E-state index in [0.717, 1.165) is 6.42 Å². The highest BCUT2D eigenvalue weighted by atomic mass is 16.5. The van der Waals surface area contributed by atoms with Gasteiger partial charge in [-0.3, -0.25) is 0 Å². The Morgan fingerprint density at radius 2 is 2.17 bits per heavy atom. The molecule has 68 valence electrons. The molecule has 0 aromatic heterocycles. The van der Waals surface area contributed by atoms with Crippen molar-refractivity contribution in [2.24, 2.45) is 16.1 Å². The predicted octanol–water partition coefficient (Wildman–Crippen LogP) is 1.28. The number of nitrogens with two attached hydrogens (primary N) is 1. The molecule has 0 amide bonds. The molecule has 2 N–H and O–H groups in total. The molecule has 0 aromatic carbocycles. The van der Waals surface area contributed by atoms with Crippen LogP contribution in [0.25, 0.3) is 0 Å². The largest absolute Gasteiger partial charge is 0.463 e. The lowest BCUT2D eigenvalue weighted by Crippen LogP contribution is -2.39. The third-order valence-corrected chi connectivity index (χ3v) is 3.43. The van der Waals surface area contributed by atoms with Crippen LogP contribution in [0.3, 0.4) is 0 Å². The Kier molecular flexibility index (Phi) is 1.41. The van der Waals surface area contributed by atoms with Crippen LogP contribution >= 0.6 is 0 Å². The van der Waals surface area contributed by atoms with Gasteiger partial charge in [0.25, 0.3) is 6.02 Å². The van der Waals surface area contributed by atoms with E-state index in [4.69, 9.17) is 10.5 Å². The Morgan fingerprint density at radius 3 is 2.58 bits per heavy atom. The van der Waals surface area contributed by atoms with Crippen molar-refractivity contribution in [3.63, 3.8) is 0 Å². The van der Waals surface area contributed by atoms with Gasteiger partial charge in [-0.05, 0) is 18.3 Å². The number of ether oxygens (including phenoxy) is 1. The second-order valence-corrected chi connectivity index (χ2v) is 4.51. The minimum absolute atomic E-state index is 0.00289. The van der Waals surface area contributed by atoms with E-state index in [2.05, 4.69) is 18.8 Å². The third kappa shape index (κ3) is 0.853. The highest BCUT2D eigenvalue weighted by Crippen LogP contribution is 2.50. The van der Waals surface area contributed by atoms with Crippen LogP contribution in [0.5, 0.6) is 0 Å². The summed E-state index contributed by atoms with van der Waals surface area (Å²) in [5.41, 5.74) is 5.79. The van der Waals surface area contributed by atoms with Gasteiger partial charge in [-0.25, -0.2) is 4.99 Å². The van der Waals surface area contributed by atoms with E-state index in [1.165, 1.54) is 12.8 Å². The van der Waals surface area contributed by atoms with Gasteiger partial charge in [0, 0.05) is 0 Å². The maximum Gasteiger partial charge on any atom is 0.282 e. The minimum Gasteiger partial charge on any atom is -0.463 e. The van der Waals surface area contributed by atoms with E-state index in [0.29, 0.717) is 12.6 Å². The summed E-state index contributed by atoms with van der Waals surface area (Å²) in [4.78, 5) is 4.44. The molecule has 3 nitrogen and oxygen atoms in total. The summed E-state index contributed by atoms with van der Waals surface area (Å²) in [5.74, 6) is 0. The van der Waals surface area contributed by atoms with E-state index in [9.17, 15) is 0 Å². The Labute approximate surface area is 73.0 Å². The maximum absolute atomic E-state index is 5.54. The summed E-state index contributed by atoms with van der Waals surface area (Å²) in [6, 6.07) is 0.380. The van der Waals surface area contributed by atoms with Crippen LogP contribution < -0.4 is 5.73 Å². The van der Waals surface area contributed by atoms with Gasteiger partial charge >= 0.3 is 0 Å². The lowest BCUT2D eigenvalue weighted by molar-refractivity contribution is 0.153. The lowest BCUT2D eigenvalue weighted by atomic mass is 9.76. The summed E-state index contributed by atoms with van der Waals surface area (Å²) in [5, 5.41) is 0. The van der Waals surface area contributed by atoms with Gasteiger partial charge in [0.15, 0.2) is 0 Å². The molecule has 1 saturated carbocycles. The molecule has 1 aliphatic heterocycles. The Hall–Kier alpha value is -0.730. The fourth-order valence-corrected chi connectivity index (χ4v) is 2.34. The molecule has 3 heteroatoms. The Bertz CT molecular complexity index is 235. The number of rotatable bonds is 0. The molecule has 0 saturated heterocycles. The van der Waals surface area contributed by atoms with Crippen molar-refractivity contribution in [2.75, 3.05) is 6.61 Å². The summed E-state index contributed by atoms with van der Waals surface area (Å²) in [6.45, 7) is 5.20. The molecule has 0 aromatic rings. The SMILES string of the molecule is CC1(C)CCCC12COC(N)=N2. The Balaban J connectivity index is 2.32. The summed E-state index contributed by atoms with van der Waals surface area (Å²) < 4.78 is 5.25. The summed E-state index contributed by atoms with van der Waals surface area (Å²) >= 11 is 0. The molecule has 0 radical (unpaired) electrons. The number of amidine groups is 1. The van der Waals surface area contributed by atoms with Crippen molar-refractivity contribution in [3.05, 3.63) is 0 Å². The first-order valence-corrected chi connectivity index (χ1v) is 4.54. The molecule has 1 aliphatic carbocycles. The monoisotopic (exact) mass is 168 g/mol. The van der Waals surface area contributed by atoms with Gasteiger partial charge in [0.2, 0.25) is 0 Å². The van der Waals surface area contributed by atoms with Gasteiger partial charge in [-0.15, -0.1) is 0 Å². The zero-order valence-electron chi connectivity index (χ0n) is 7.76. The van der Waals surface area contributed by atoms with Crippen molar-refractivity contribution in [2.45, 2.75) is 38.6 Å². The maximum atomic E-state index is 5.54. The highest BCUT2D eigenvalue weighted by Gasteiger charge is 2.52. The van der Waals surface area contributed by atoms with Crippen LogP contribution in [0.4, 0.5) is 0 Å². The summed E-state index contributed by atoms with van der Waals surface area (Å²) in [7, 11) is 0. The van der Waals surface area contributed by atoms with Crippen LogP contribution in [-0.4, -0.2) is 18.2 Å². The molecule has 1 unspecified atom stereocenters. The molecule has 2 rings (SSSR count). The van der Waals surface area contributed by atoms with E-state index in [-0.39, 0.29) is 11.0 Å². The number of hydrogen-bond donors (Lipinski definition) is 1. The quantitative estimate of drug-likeness (QED) is 0.592. The zero-order chi connectivity index (χ0) is 8.82. The standard InChI is InChI=1S/C9H16N2O/c1-8(2)4-3-5-9(8)6-12-7(10)11-9/h3-6H2,1-2H3,(H2,10,11). The first kappa shape index (κ1) is 7.90. The third-order valence-electron chi connectivity index (χ3n) is 3.43. The number of hydrogen-bond acceptors (Lipinski definition) is 3. The van der Waals surface area contributed by atoms with Crippen molar-refractivity contribution < 1.29 is 4.74 Å². The molecule has 1 heterocycles. The van der Waals surface area contributed by atoms with E-state index < -0.39 is 0 Å². The summed E-state index contributed by atoms with van der Waals surface area (Å²) in [6.07, 6.45) is 3.60. The van der Waals surface area contributed by atoms with E-state index in [1.54, 1.807) is 0 Å². The van der Waals surface area contributed by atoms with Crippen LogP contribution in [0.2, 0.25) is 0 Å². The second-order valence-electron chi connectivity index (χ2n) is 4.51. The van der Waals surface area contributed by atoms with Gasteiger partial charge < -0.3 is 10.5 Å². The highest BCUT2D eigenvalue weighted by molar-refractivity contribution is 5.74. The van der Waals surface area contributed by atoms with Crippen molar-refractivity contribution in [1.82, 2.24) is 0 Å². The van der Waals surface area contributed by atoms with Crippen LogP contribution in [0.15, 0.2) is 4.99 Å². The minimum atomic E-state index is -0.00289. The van der Waals surface area contributed by atoms with Crippen molar-refractivity contribution >= 4 is 6.02 Å². The molecular formula is C9H16N2O. The van der Waals surface area contributed by atoms with E-state index in [1.807, 2.05) is 0 Å². The normalized spacial score (nSPS) is 38.3. The van der Waals surface area contributed by atoms with Gasteiger partial charge in [0.1, 0.15) is 12.1 Å². The molecule has 12 heavy (non-hydrogen) atoms. The van der Waals surface area contributed by atoms with Gasteiger partial charge in [-0.1, -0.05) is 20.3 Å². The van der Waals surface area contributed by atoms with Crippen LogP contribution in [-0.2, 0) is 4.74 Å². The average Bonchev–Trinajstić information content (AvgIpc) is 2.43.